The van der Waals surface area contributed by atoms with Gasteiger partial charge in [-0.2, -0.15) is 0 Å². The fourth-order valence-electron chi connectivity index (χ4n) is 3.69. The minimum absolute atomic E-state index is 0. The van der Waals surface area contributed by atoms with E-state index in [1.165, 1.54) is 16.7 Å². The fraction of sp³-hybridized carbons (Fsp3) is 0.455. The molecule has 0 radical (unpaired) electrons. The lowest BCUT2D eigenvalue weighted by Crippen LogP contribution is -2.42. The van der Waals surface area contributed by atoms with Crippen molar-refractivity contribution in [1.29, 1.82) is 0 Å². The van der Waals surface area contributed by atoms with Crippen LogP contribution in [0.1, 0.15) is 54.9 Å². The second-order valence-corrected chi connectivity index (χ2v) is 7.52. The van der Waals surface area contributed by atoms with Crippen LogP contribution in [0.25, 0.3) is 0 Å². The number of nitrogens with zero attached hydrogens (tertiary/aromatic N) is 1. The minimum atomic E-state index is -0.678. The summed E-state index contributed by atoms with van der Waals surface area (Å²) in [5, 5.41) is 11.3. The highest BCUT2D eigenvalue weighted by Crippen LogP contribution is 2.36. The Bertz CT molecular complexity index is 676. The van der Waals surface area contributed by atoms with Crippen LogP contribution in [-0.2, 0) is 12.1 Å². The van der Waals surface area contributed by atoms with Crippen molar-refractivity contribution in [2.75, 3.05) is 13.1 Å². The third-order valence-corrected chi connectivity index (χ3v) is 5.36. The molecule has 0 amide bonds. The van der Waals surface area contributed by atoms with Crippen LogP contribution in [0.2, 0.25) is 0 Å². The first-order chi connectivity index (χ1) is 11.5. The lowest BCUT2D eigenvalue weighted by Gasteiger charge is -2.39. The van der Waals surface area contributed by atoms with Crippen molar-refractivity contribution in [3.63, 3.8) is 0 Å². The van der Waals surface area contributed by atoms with E-state index in [1.807, 2.05) is 0 Å². The normalized spacial score (nSPS) is 17.3. The Morgan fingerprint density at radius 2 is 1.68 bits per heavy atom. The van der Waals surface area contributed by atoms with E-state index < -0.39 is 5.60 Å². The Morgan fingerprint density at radius 3 is 2.28 bits per heavy atom. The number of halogens is 1. The molecule has 1 heterocycles. The van der Waals surface area contributed by atoms with Crippen molar-refractivity contribution in [3.05, 3.63) is 70.8 Å². The zero-order valence-corrected chi connectivity index (χ0v) is 16.4. The van der Waals surface area contributed by atoms with E-state index in [4.69, 9.17) is 0 Å². The zero-order chi connectivity index (χ0) is 17.2. The molecule has 1 saturated heterocycles. The van der Waals surface area contributed by atoms with Crippen LogP contribution in [0.5, 0.6) is 0 Å². The molecule has 3 heteroatoms. The minimum Gasteiger partial charge on any atom is -0.385 e. The first-order valence-electron chi connectivity index (χ1n) is 9.08. The van der Waals surface area contributed by atoms with Gasteiger partial charge in [0.15, 0.2) is 0 Å². The molecule has 0 unspecified atom stereocenters. The Hall–Kier alpha value is -1.35. The molecule has 1 N–H and O–H groups in total. The van der Waals surface area contributed by atoms with E-state index in [0.717, 1.165) is 38.0 Å². The number of hydrogen-bond acceptors (Lipinski definition) is 2. The van der Waals surface area contributed by atoms with Crippen LogP contribution in [0, 0.1) is 6.92 Å². The van der Waals surface area contributed by atoms with Gasteiger partial charge in [0, 0.05) is 19.6 Å². The third kappa shape index (κ3) is 4.63. The largest absolute Gasteiger partial charge is 0.385 e. The molecule has 1 aliphatic rings. The maximum absolute atomic E-state index is 11.3. The van der Waals surface area contributed by atoms with Crippen LogP contribution >= 0.6 is 12.4 Å². The molecule has 1 fully saturated rings. The van der Waals surface area contributed by atoms with E-state index in [9.17, 15) is 5.11 Å². The van der Waals surface area contributed by atoms with Gasteiger partial charge in [0.1, 0.15) is 0 Å². The number of rotatable bonds is 4. The Kier molecular flexibility index (Phi) is 6.67. The van der Waals surface area contributed by atoms with Gasteiger partial charge in [-0.3, -0.25) is 4.90 Å². The maximum atomic E-state index is 11.3. The van der Waals surface area contributed by atoms with Crippen molar-refractivity contribution in [3.8, 4) is 0 Å². The van der Waals surface area contributed by atoms with Crippen LogP contribution in [0.3, 0.4) is 0 Å². The summed E-state index contributed by atoms with van der Waals surface area (Å²) in [6, 6.07) is 17.2. The van der Waals surface area contributed by atoms with E-state index in [0.29, 0.717) is 5.92 Å². The SMILES string of the molecule is Cc1ccc(C(C)C)cc1C1(O)CCN(Cc2ccccc2)CC1.Cl. The molecule has 25 heavy (non-hydrogen) atoms. The van der Waals surface area contributed by atoms with Crippen molar-refractivity contribution in [2.24, 2.45) is 0 Å². The summed E-state index contributed by atoms with van der Waals surface area (Å²) in [5.74, 6) is 0.492. The number of hydrogen-bond donors (Lipinski definition) is 1. The smallest absolute Gasteiger partial charge is 0.0923 e. The van der Waals surface area contributed by atoms with Crippen molar-refractivity contribution in [1.82, 2.24) is 4.90 Å². The number of aryl methyl sites for hydroxylation is 1. The van der Waals surface area contributed by atoms with Crippen molar-refractivity contribution < 1.29 is 5.11 Å². The number of piperidine rings is 1. The van der Waals surface area contributed by atoms with Crippen LogP contribution in [0.4, 0.5) is 0 Å². The van der Waals surface area contributed by atoms with Crippen LogP contribution in [-0.4, -0.2) is 23.1 Å². The first kappa shape index (κ1) is 20.0. The average Bonchev–Trinajstić information content (AvgIpc) is 2.58. The van der Waals surface area contributed by atoms with E-state index in [-0.39, 0.29) is 12.4 Å². The lowest BCUT2D eigenvalue weighted by atomic mass is 9.80. The first-order valence-corrected chi connectivity index (χ1v) is 9.08. The molecule has 0 spiro atoms. The summed E-state index contributed by atoms with van der Waals surface area (Å²) < 4.78 is 0. The van der Waals surface area contributed by atoms with Crippen LogP contribution < -0.4 is 0 Å². The van der Waals surface area contributed by atoms with Gasteiger partial charge in [-0.25, -0.2) is 0 Å². The molecule has 1 aliphatic heterocycles. The van der Waals surface area contributed by atoms with Gasteiger partial charge in [-0.15, -0.1) is 12.4 Å². The second-order valence-electron chi connectivity index (χ2n) is 7.52. The standard InChI is InChI=1S/C22H29NO.ClH/c1-17(2)20-10-9-18(3)21(15-20)22(24)11-13-23(14-12-22)16-19-7-5-4-6-8-19;/h4-10,15,17,24H,11-14,16H2,1-3H3;1H. The van der Waals surface area contributed by atoms with E-state index >= 15 is 0 Å². The molecule has 2 nitrogen and oxygen atoms in total. The lowest BCUT2D eigenvalue weighted by molar-refractivity contribution is -0.0282. The average molecular weight is 360 g/mol. The molecule has 0 aliphatic carbocycles. The van der Waals surface area contributed by atoms with Gasteiger partial charge in [0.2, 0.25) is 0 Å². The summed E-state index contributed by atoms with van der Waals surface area (Å²) in [5.41, 5.74) is 4.32. The molecule has 0 aromatic heterocycles. The van der Waals surface area contributed by atoms with Crippen molar-refractivity contribution in [2.45, 2.75) is 51.7 Å². The second kappa shape index (κ2) is 8.35. The maximum Gasteiger partial charge on any atom is 0.0923 e. The number of likely N-dealkylation sites (tertiary alicyclic amines) is 1. The van der Waals surface area contributed by atoms with E-state index in [1.54, 1.807) is 0 Å². The molecule has 0 bridgehead atoms. The monoisotopic (exact) mass is 359 g/mol. The highest BCUT2D eigenvalue weighted by atomic mass is 35.5. The van der Waals surface area contributed by atoms with Gasteiger partial charge < -0.3 is 5.11 Å². The molecule has 136 valence electrons. The fourth-order valence-corrected chi connectivity index (χ4v) is 3.69. The summed E-state index contributed by atoms with van der Waals surface area (Å²) in [4.78, 5) is 2.45. The Balaban J connectivity index is 0.00000225. The van der Waals surface area contributed by atoms with E-state index in [2.05, 4.69) is 74.2 Å². The van der Waals surface area contributed by atoms with Gasteiger partial charge in [0.05, 0.1) is 5.60 Å². The third-order valence-electron chi connectivity index (χ3n) is 5.36. The molecule has 0 saturated carbocycles. The zero-order valence-electron chi connectivity index (χ0n) is 15.5. The van der Waals surface area contributed by atoms with Crippen molar-refractivity contribution >= 4 is 12.4 Å². The number of aliphatic hydroxyl groups is 1. The summed E-state index contributed by atoms with van der Waals surface area (Å²) in [6.07, 6.45) is 1.62. The molecular formula is C22H30ClNO. The summed E-state index contributed by atoms with van der Waals surface area (Å²) in [7, 11) is 0. The van der Waals surface area contributed by atoms with Crippen LogP contribution in [0.15, 0.2) is 48.5 Å². The quantitative estimate of drug-likeness (QED) is 0.828. The molecule has 2 aromatic rings. The van der Waals surface area contributed by atoms with Gasteiger partial charge in [0.25, 0.3) is 0 Å². The highest BCUT2D eigenvalue weighted by molar-refractivity contribution is 5.85. The molecular weight excluding hydrogens is 330 g/mol. The Labute approximate surface area is 158 Å². The predicted molar refractivity (Wildman–Crippen MR) is 107 cm³/mol. The van der Waals surface area contributed by atoms with Gasteiger partial charge in [-0.1, -0.05) is 62.4 Å². The summed E-state index contributed by atoms with van der Waals surface area (Å²) >= 11 is 0. The molecule has 2 aromatic carbocycles. The van der Waals surface area contributed by atoms with Gasteiger partial charge >= 0.3 is 0 Å². The predicted octanol–water partition coefficient (Wildman–Crippen LogP) is 5.02. The Morgan fingerprint density at radius 1 is 1.04 bits per heavy atom. The summed E-state index contributed by atoms with van der Waals surface area (Å²) in [6.45, 7) is 9.39. The number of benzene rings is 2. The molecule has 0 atom stereocenters. The topological polar surface area (TPSA) is 23.5 Å². The van der Waals surface area contributed by atoms with Gasteiger partial charge in [-0.05, 0) is 47.9 Å². The molecule has 3 rings (SSSR count). The highest BCUT2D eigenvalue weighted by Gasteiger charge is 2.35.